The zero-order chi connectivity index (χ0) is 15.6. The molecule has 2 heterocycles. The second-order valence-corrected chi connectivity index (χ2v) is 5.83. The van der Waals surface area contributed by atoms with E-state index in [1.165, 1.54) is 5.57 Å². The van der Waals surface area contributed by atoms with Gasteiger partial charge in [0, 0.05) is 25.9 Å². The van der Waals surface area contributed by atoms with Crippen molar-refractivity contribution in [1.29, 1.82) is 0 Å². The van der Waals surface area contributed by atoms with Gasteiger partial charge in [0.1, 0.15) is 5.82 Å². The average Bonchev–Trinajstić information content (AvgIpc) is 3.22. The summed E-state index contributed by atoms with van der Waals surface area (Å²) in [6.07, 6.45) is 13.1. The van der Waals surface area contributed by atoms with Crippen molar-refractivity contribution in [3.05, 3.63) is 72.1 Å². The zero-order valence-corrected chi connectivity index (χ0v) is 13.1. The summed E-state index contributed by atoms with van der Waals surface area (Å²) in [7, 11) is 2.06. The molecule has 4 rings (SSSR count). The Labute approximate surface area is 135 Å². The molecular formula is C19H18N4. The second-order valence-electron chi connectivity index (χ2n) is 5.83. The lowest BCUT2D eigenvalue weighted by molar-refractivity contribution is 0.761. The summed E-state index contributed by atoms with van der Waals surface area (Å²) in [5.41, 5.74) is 5.27. The van der Waals surface area contributed by atoms with E-state index in [-0.39, 0.29) is 0 Å². The van der Waals surface area contributed by atoms with Crippen molar-refractivity contribution in [3.8, 4) is 0 Å². The third kappa shape index (κ3) is 2.80. The van der Waals surface area contributed by atoms with Gasteiger partial charge in [-0.05, 0) is 30.5 Å². The number of hydrogen-bond acceptors (Lipinski definition) is 3. The van der Waals surface area contributed by atoms with Crippen LogP contribution in [0.15, 0.2) is 54.9 Å². The molecule has 0 fully saturated rings. The molecule has 23 heavy (non-hydrogen) atoms. The first-order valence-electron chi connectivity index (χ1n) is 7.88. The standard InChI is InChI=1S/C19H18N4/c1-23-13-18(14-6-2-3-7-14)22-19(23)11-10-15-12-20-16-8-4-5-9-17(16)21-15/h2-6,8-9,12-13H,7,10-11H2,1H3. The highest BCUT2D eigenvalue weighted by molar-refractivity contribution is 5.73. The predicted octanol–water partition coefficient (Wildman–Crippen LogP) is 3.49. The van der Waals surface area contributed by atoms with Gasteiger partial charge in [-0.3, -0.25) is 4.98 Å². The van der Waals surface area contributed by atoms with E-state index in [9.17, 15) is 0 Å². The molecule has 0 saturated carbocycles. The van der Waals surface area contributed by atoms with Gasteiger partial charge in [-0.15, -0.1) is 0 Å². The third-order valence-corrected chi connectivity index (χ3v) is 4.18. The van der Waals surface area contributed by atoms with E-state index in [1.807, 2.05) is 30.5 Å². The van der Waals surface area contributed by atoms with E-state index >= 15 is 0 Å². The van der Waals surface area contributed by atoms with Crippen LogP contribution in [0.2, 0.25) is 0 Å². The summed E-state index contributed by atoms with van der Waals surface area (Å²) >= 11 is 0. The minimum Gasteiger partial charge on any atom is -0.337 e. The SMILES string of the molecule is Cn1cc(C2=CC=CC2)nc1CCc1cnc2ccccc2n1. The molecule has 1 aromatic carbocycles. The fourth-order valence-corrected chi connectivity index (χ4v) is 2.88. The lowest BCUT2D eigenvalue weighted by Gasteiger charge is -2.03. The number of hydrogen-bond donors (Lipinski definition) is 0. The van der Waals surface area contributed by atoms with Crippen LogP contribution in [0.5, 0.6) is 0 Å². The summed E-state index contributed by atoms with van der Waals surface area (Å²) in [4.78, 5) is 13.9. The fourth-order valence-electron chi connectivity index (χ4n) is 2.88. The Bertz CT molecular complexity index is 918. The Morgan fingerprint density at radius 3 is 2.78 bits per heavy atom. The van der Waals surface area contributed by atoms with Crippen molar-refractivity contribution in [3.63, 3.8) is 0 Å². The summed E-state index contributed by atoms with van der Waals surface area (Å²) in [5.74, 6) is 1.09. The Morgan fingerprint density at radius 2 is 1.96 bits per heavy atom. The molecule has 0 aliphatic heterocycles. The Kier molecular flexibility index (Phi) is 3.50. The maximum Gasteiger partial charge on any atom is 0.109 e. The zero-order valence-electron chi connectivity index (χ0n) is 13.1. The van der Waals surface area contributed by atoms with Crippen LogP contribution in [-0.4, -0.2) is 19.5 Å². The van der Waals surface area contributed by atoms with Crippen LogP contribution in [0.1, 0.15) is 23.6 Å². The van der Waals surface area contributed by atoms with Crippen LogP contribution >= 0.6 is 0 Å². The molecule has 2 aromatic heterocycles. The molecule has 114 valence electrons. The number of imidazole rings is 1. The number of aromatic nitrogens is 4. The summed E-state index contributed by atoms with van der Waals surface area (Å²) in [6.45, 7) is 0. The van der Waals surface area contributed by atoms with Crippen LogP contribution in [0.4, 0.5) is 0 Å². The number of rotatable bonds is 4. The summed E-state index contributed by atoms with van der Waals surface area (Å²) in [5, 5.41) is 0. The molecule has 0 N–H and O–H groups in total. The van der Waals surface area contributed by atoms with Crippen molar-refractivity contribution >= 4 is 16.6 Å². The predicted molar refractivity (Wildman–Crippen MR) is 91.9 cm³/mol. The van der Waals surface area contributed by atoms with E-state index in [0.29, 0.717) is 0 Å². The van der Waals surface area contributed by atoms with E-state index in [2.05, 4.69) is 46.0 Å². The highest BCUT2D eigenvalue weighted by Crippen LogP contribution is 2.22. The lowest BCUT2D eigenvalue weighted by atomic mass is 10.2. The molecule has 4 heteroatoms. The first-order valence-corrected chi connectivity index (χ1v) is 7.88. The monoisotopic (exact) mass is 302 g/mol. The first-order chi connectivity index (χ1) is 11.3. The molecule has 3 aromatic rings. The van der Waals surface area contributed by atoms with Crippen LogP contribution in [0.25, 0.3) is 16.6 Å². The van der Waals surface area contributed by atoms with Crippen molar-refractivity contribution in [2.24, 2.45) is 7.05 Å². The average molecular weight is 302 g/mol. The van der Waals surface area contributed by atoms with E-state index in [1.54, 1.807) is 0 Å². The molecule has 0 bridgehead atoms. The van der Waals surface area contributed by atoms with Crippen LogP contribution in [0, 0.1) is 0 Å². The lowest BCUT2D eigenvalue weighted by Crippen LogP contribution is -2.02. The number of benzene rings is 1. The third-order valence-electron chi connectivity index (χ3n) is 4.18. The Hall–Kier alpha value is -2.75. The fraction of sp³-hybridized carbons (Fsp3) is 0.211. The summed E-state index contributed by atoms with van der Waals surface area (Å²) in [6, 6.07) is 7.97. The molecular weight excluding hydrogens is 284 g/mol. The highest BCUT2D eigenvalue weighted by atomic mass is 15.0. The van der Waals surface area contributed by atoms with Gasteiger partial charge in [0.05, 0.1) is 22.4 Å². The maximum absolute atomic E-state index is 4.78. The molecule has 1 aliphatic carbocycles. The number of allylic oxidation sites excluding steroid dienone is 4. The molecule has 1 aliphatic rings. The van der Waals surface area contributed by atoms with Gasteiger partial charge < -0.3 is 4.57 Å². The van der Waals surface area contributed by atoms with Gasteiger partial charge in [-0.2, -0.15) is 0 Å². The van der Waals surface area contributed by atoms with Gasteiger partial charge in [0.25, 0.3) is 0 Å². The quantitative estimate of drug-likeness (QED) is 0.741. The highest BCUT2D eigenvalue weighted by Gasteiger charge is 2.11. The van der Waals surface area contributed by atoms with Gasteiger partial charge in [0.2, 0.25) is 0 Å². The molecule has 0 spiro atoms. The summed E-state index contributed by atoms with van der Waals surface area (Å²) < 4.78 is 2.11. The van der Waals surface area contributed by atoms with E-state index in [4.69, 9.17) is 4.98 Å². The van der Waals surface area contributed by atoms with Crippen molar-refractivity contribution in [1.82, 2.24) is 19.5 Å². The molecule has 0 unspecified atom stereocenters. The molecule has 4 nitrogen and oxygen atoms in total. The van der Waals surface area contributed by atoms with Crippen LogP contribution in [-0.2, 0) is 19.9 Å². The topological polar surface area (TPSA) is 43.6 Å². The number of nitrogens with zero attached hydrogens (tertiary/aromatic N) is 4. The normalized spacial score (nSPS) is 13.7. The van der Waals surface area contributed by atoms with Crippen molar-refractivity contribution in [2.75, 3.05) is 0 Å². The maximum atomic E-state index is 4.78. The van der Waals surface area contributed by atoms with E-state index in [0.717, 1.165) is 47.5 Å². The number of aryl methyl sites for hydroxylation is 3. The number of fused-ring (bicyclic) bond motifs is 1. The first kappa shape index (κ1) is 13.9. The van der Waals surface area contributed by atoms with Gasteiger partial charge in [-0.25, -0.2) is 9.97 Å². The number of para-hydroxylation sites is 2. The second kappa shape index (κ2) is 5.80. The Balaban J connectivity index is 1.51. The van der Waals surface area contributed by atoms with E-state index < -0.39 is 0 Å². The largest absolute Gasteiger partial charge is 0.337 e. The minimum atomic E-state index is 0.847. The van der Waals surface area contributed by atoms with Crippen LogP contribution in [0.3, 0.4) is 0 Å². The molecule has 0 atom stereocenters. The van der Waals surface area contributed by atoms with Crippen LogP contribution < -0.4 is 0 Å². The molecule has 0 amide bonds. The van der Waals surface area contributed by atoms with Gasteiger partial charge in [0.15, 0.2) is 0 Å². The Morgan fingerprint density at radius 1 is 1.09 bits per heavy atom. The van der Waals surface area contributed by atoms with Gasteiger partial charge >= 0.3 is 0 Å². The smallest absolute Gasteiger partial charge is 0.109 e. The molecule has 0 radical (unpaired) electrons. The van der Waals surface area contributed by atoms with Gasteiger partial charge in [-0.1, -0.05) is 30.4 Å². The van der Waals surface area contributed by atoms with Crippen molar-refractivity contribution in [2.45, 2.75) is 19.3 Å². The minimum absolute atomic E-state index is 0.847. The van der Waals surface area contributed by atoms with Crippen molar-refractivity contribution < 1.29 is 0 Å². The molecule has 0 saturated heterocycles.